The van der Waals surface area contributed by atoms with Gasteiger partial charge in [0.25, 0.3) is 0 Å². The first kappa shape index (κ1) is 18.9. The van der Waals surface area contributed by atoms with Crippen LogP contribution in [0, 0.1) is 17.5 Å². The number of halogens is 7. The van der Waals surface area contributed by atoms with E-state index in [-0.39, 0.29) is 35.3 Å². The lowest BCUT2D eigenvalue weighted by atomic mass is 10.2. The lowest BCUT2D eigenvalue weighted by molar-refractivity contribution is -0.138. The van der Waals surface area contributed by atoms with Crippen molar-refractivity contribution in [3.63, 3.8) is 0 Å². The highest BCUT2D eigenvalue weighted by molar-refractivity contribution is 6.28. The van der Waals surface area contributed by atoms with Crippen LogP contribution in [0.1, 0.15) is 5.56 Å². The molecule has 0 saturated carbocycles. The molecule has 0 atom stereocenters. The molecule has 134 valence electrons. The van der Waals surface area contributed by atoms with Gasteiger partial charge in [0.1, 0.15) is 23.1 Å². The average Bonchev–Trinajstić information content (AvgIpc) is 2.52. The van der Waals surface area contributed by atoms with Crippen LogP contribution in [0.5, 0.6) is 11.5 Å². The van der Waals surface area contributed by atoms with Crippen LogP contribution >= 0.6 is 11.6 Å². The Bertz CT molecular complexity index is 799. The van der Waals surface area contributed by atoms with E-state index in [0.29, 0.717) is 0 Å². The molecule has 0 unspecified atom stereocenters. The van der Waals surface area contributed by atoms with Gasteiger partial charge in [-0.2, -0.15) is 13.2 Å². The third kappa shape index (κ3) is 4.56. The van der Waals surface area contributed by atoms with Gasteiger partial charge in [0.15, 0.2) is 17.4 Å². The minimum absolute atomic E-state index is 0.0898. The summed E-state index contributed by atoms with van der Waals surface area (Å²) in [6, 6.07) is 3.04. The molecule has 2 N–H and O–H groups in total. The number of hydrogen-bond acceptors (Lipinski definition) is 2. The maximum atomic E-state index is 13.8. The molecule has 2 aromatic rings. The zero-order chi connectivity index (χ0) is 18.8. The number of nitrogens with zero attached hydrogens (tertiary/aromatic N) is 1. The van der Waals surface area contributed by atoms with Gasteiger partial charge in [0.2, 0.25) is 0 Å². The van der Waals surface area contributed by atoms with E-state index < -0.39 is 34.9 Å². The summed E-state index contributed by atoms with van der Waals surface area (Å²) in [5.41, 5.74) is 3.54. The van der Waals surface area contributed by atoms with Gasteiger partial charge in [-0.1, -0.05) is 0 Å². The van der Waals surface area contributed by atoms with E-state index in [2.05, 4.69) is 4.99 Å². The first-order chi connectivity index (χ1) is 11.6. The van der Waals surface area contributed by atoms with E-state index in [0.717, 1.165) is 18.2 Å². The number of ether oxygens (including phenoxy) is 1. The van der Waals surface area contributed by atoms with Crippen LogP contribution < -0.4 is 10.5 Å². The number of nitrogens with two attached hydrogens (primary N) is 1. The van der Waals surface area contributed by atoms with Crippen LogP contribution in [0.25, 0.3) is 0 Å². The number of aliphatic imine (C=N–C) groups is 1. The van der Waals surface area contributed by atoms with Crippen LogP contribution in [0.4, 0.5) is 32.0 Å². The van der Waals surface area contributed by atoms with Crippen molar-refractivity contribution in [2.45, 2.75) is 6.18 Å². The third-order valence-electron chi connectivity index (χ3n) is 2.86. The van der Waals surface area contributed by atoms with Gasteiger partial charge in [-0.25, -0.2) is 18.2 Å². The highest BCUT2D eigenvalue weighted by atomic mass is 35.5. The molecular formula is C15H9ClF6N2O. The molecule has 0 aliphatic carbocycles. The van der Waals surface area contributed by atoms with Crippen molar-refractivity contribution in [1.82, 2.24) is 0 Å². The largest absolute Gasteiger partial charge is 0.451 e. The van der Waals surface area contributed by atoms with Crippen LogP contribution in [-0.4, -0.2) is 11.7 Å². The van der Waals surface area contributed by atoms with Crippen molar-refractivity contribution in [3.05, 3.63) is 53.3 Å². The second kappa shape index (κ2) is 7.22. The summed E-state index contributed by atoms with van der Waals surface area (Å²) in [4.78, 5) is 3.64. The van der Waals surface area contributed by atoms with E-state index in [1.54, 1.807) is 0 Å². The molecule has 0 amide bonds. The lowest BCUT2D eigenvalue weighted by Crippen LogP contribution is -2.12. The van der Waals surface area contributed by atoms with Crippen LogP contribution in [0.3, 0.4) is 0 Å². The Morgan fingerprint density at radius 3 is 2.16 bits per heavy atom. The Labute approximate surface area is 142 Å². The number of benzene rings is 2. The topological polar surface area (TPSA) is 47.6 Å². The third-order valence-corrected chi connectivity index (χ3v) is 3.14. The summed E-state index contributed by atoms with van der Waals surface area (Å²) in [7, 11) is 0. The molecule has 3 nitrogen and oxygen atoms in total. The molecule has 0 spiro atoms. The predicted octanol–water partition coefficient (Wildman–Crippen LogP) is 5.14. The fourth-order valence-electron chi connectivity index (χ4n) is 1.77. The maximum absolute atomic E-state index is 13.8. The first-order valence-electron chi connectivity index (χ1n) is 6.54. The average molecular weight is 383 g/mol. The van der Waals surface area contributed by atoms with E-state index >= 15 is 0 Å². The Hall–Kier alpha value is -2.42. The predicted molar refractivity (Wildman–Crippen MR) is 79.8 cm³/mol. The van der Waals surface area contributed by atoms with Crippen LogP contribution in [0.15, 0.2) is 35.3 Å². The summed E-state index contributed by atoms with van der Waals surface area (Å²) >= 11 is 5.42. The highest BCUT2D eigenvalue weighted by Crippen LogP contribution is 2.36. The van der Waals surface area contributed by atoms with E-state index in [1.807, 2.05) is 0 Å². The molecule has 10 heteroatoms. The molecule has 0 bridgehead atoms. The molecule has 0 aliphatic heterocycles. The fourth-order valence-corrected chi connectivity index (χ4v) is 1.82. The van der Waals surface area contributed by atoms with Gasteiger partial charge in [-0.3, -0.25) is 0 Å². The maximum Gasteiger partial charge on any atom is 0.416 e. The summed E-state index contributed by atoms with van der Waals surface area (Å²) in [5.74, 6) is -5.59. The summed E-state index contributed by atoms with van der Waals surface area (Å²) < 4.78 is 83.6. The van der Waals surface area contributed by atoms with E-state index in [4.69, 9.17) is 22.1 Å². The molecule has 0 saturated heterocycles. The van der Waals surface area contributed by atoms with Crippen molar-refractivity contribution in [2.24, 2.45) is 10.7 Å². The quantitative estimate of drug-likeness (QED) is 0.344. The van der Waals surface area contributed by atoms with Crippen molar-refractivity contribution < 1.29 is 31.1 Å². The van der Waals surface area contributed by atoms with E-state index in [9.17, 15) is 26.3 Å². The molecular weight excluding hydrogens is 374 g/mol. The lowest BCUT2D eigenvalue weighted by Gasteiger charge is -2.12. The summed E-state index contributed by atoms with van der Waals surface area (Å²) in [5, 5.41) is 0. The van der Waals surface area contributed by atoms with E-state index in [1.165, 1.54) is 0 Å². The zero-order valence-electron chi connectivity index (χ0n) is 12.2. The second-order valence-electron chi connectivity index (χ2n) is 4.72. The molecule has 0 aromatic heterocycles. The van der Waals surface area contributed by atoms with Gasteiger partial charge in [0, 0.05) is 6.07 Å². The molecule has 0 heterocycles. The molecule has 2 rings (SSSR count). The van der Waals surface area contributed by atoms with Crippen molar-refractivity contribution in [2.75, 3.05) is 5.88 Å². The van der Waals surface area contributed by atoms with Gasteiger partial charge in [0.05, 0.1) is 11.4 Å². The molecule has 0 fully saturated rings. The Morgan fingerprint density at radius 2 is 1.64 bits per heavy atom. The van der Waals surface area contributed by atoms with Crippen LogP contribution in [0.2, 0.25) is 0 Å². The Kier molecular flexibility index (Phi) is 5.46. The van der Waals surface area contributed by atoms with Gasteiger partial charge in [-0.15, -0.1) is 11.6 Å². The Balaban J connectivity index is 2.39. The molecule has 0 radical (unpaired) electrons. The second-order valence-corrected chi connectivity index (χ2v) is 4.99. The van der Waals surface area contributed by atoms with Crippen molar-refractivity contribution >= 4 is 23.1 Å². The minimum atomic E-state index is -4.92. The van der Waals surface area contributed by atoms with Gasteiger partial charge < -0.3 is 10.5 Å². The minimum Gasteiger partial charge on any atom is -0.451 e. The first-order valence-corrected chi connectivity index (χ1v) is 7.08. The molecule has 0 aliphatic rings. The number of alkyl halides is 4. The van der Waals surface area contributed by atoms with Gasteiger partial charge in [-0.05, 0) is 24.3 Å². The fraction of sp³-hybridized carbons (Fsp3) is 0.133. The van der Waals surface area contributed by atoms with Crippen molar-refractivity contribution in [3.8, 4) is 11.5 Å². The number of rotatable bonds is 4. The highest BCUT2D eigenvalue weighted by Gasteiger charge is 2.33. The summed E-state index contributed by atoms with van der Waals surface area (Å²) in [6.07, 6.45) is -4.92. The Morgan fingerprint density at radius 1 is 1.04 bits per heavy atom. The summed E-state index contributed by atoms with van der Waals surface area (Å²) in [6.45, 7) is 0. The van der Waals surface area contributed by atoms with Gasteiger partial charge >= 0.3 is 6.18 Å². The zero-order valence-corrected chi connectivity index (χ0v) is 12.9. The number of amidine groups is 1. The monoisotopic (exact) mass is 382 g/mol. The molecule has 25 heavy (non-hydrogen) atoms. The number of hydrogen-bond donors (Lipinski definition) is 1. The normalized spacial score (nSPS) is 12.4. The smallest absolute Gasteiger partial charge is 0.416 e. The van der Waals surface area contributed by atoms with Crippen molar-refractivity contribution in [1.29, 1.82) is 0 Å². The van der Waals surface area contributed by atoms with Crippen LogP contribution in [-0.2, 0) is 6.18 Å². The SMILES string of the molecule is NC(CCl)=Nc1cc(Oc2c(F)cc(C(F)(F)F)cc2F)ccc1F. The molecule has 2 aromatic carbocycles. The standard InChI is InChI=1S/C15H9ClF6N2O/c16-6-13(23)24-12-5-8(1-2-9(12)17)25-14-10(18)3-7(4-11(14)19)15(20,21)22/h1-5H,6H2,(H2,23,24).